The van der Waals surface area contributed by atoms with Crippen molar-refractivity contribution in [3.63, 3.8) is 0 Å². The highest BCUT2D eigenvalue weighted by Crippen LogP contribution is 2.28. The van der Waals surface area contributed by atoms with Crippen molar-refractivity contribution in [2.75, 3.05) is 53.4 Å². The van der Waals surface area contributed by atoms with Gasteiger partial charge in [-0.05, 0) is 39.8 Å². The maximum Gasteiger partial charge on any atom is 0.191 e. The Kier molecular flexibility index (Phi) is 11.3. The Labute approximate surface area is 166 Å². The van der Waals surface area contributed by atoms with Crippen molar-refractivity contribution in [3.8, 4) is 0 Å². The van der Waals surface area contributed by atoms with E-state index in [1.807, 2.05) is 0 Å². The lowest BCUT2D eigenvalue weighted by Crippen LogP contribution is -2.51. The predicted molar refractivity (Wildman–Crippen MR) is 115 cm³/mol. The number of hydrogen-bond donors (Lipinski definition) is 2. The van der Waals surface area contributed by atoms with Gasteiger partial charge in [-0.2, -0.15) is 0 Å². The first-order chi connectivity index (χ1) is 11.2. The van der Waals surface area contributed by atoms with Crippen LogP contribution in [0.25, 0.3) is 0 Å². The molecule has 142 valence electrons. The van der Waals surface area contributed by atoms with Gasteiger partial charge in [-0.1, -0.05) is 25.7 Å². The quantitative estimate of drug-likeness (QED) is 0.270. The van der Waals surface area contributed by atoms with Gasteiger partial charge in [-0.25, -0.2) is 0 Å². The van der Waals surface area contributed by atoms with Crippen molar-refractivity contribution >= 4 is 29.9 Å². The number of aliphatic imine (C=N–C) groups is 1. The van der Waals surface area contributed by atoms with Crippen LogP contribution in [0.1, 0.15) is 45.4 Å². The molecule has 2 N–H and O–H groups in total. The normalized spacial score (nSPS) is 24.0. The molecule has 0 spiro atoms. The highest BCUT2D eigenvalue weighted by atomic mass is 127. The van der Waals surface area contributed by atoms with Crippen molar-refractivity contribution in [3.05, 3.63) is 0 Å². The molecule has 2 aliphatic rings. The minimum atomic E-state index is 0. The van der Waals surface area contributed by atoms with Crippen molar-refractivity contribution in [2.24, 2.45) is 10.9 Å². The molecule has 6 heteroatoms. The molecular weight excluding hydrogens is 413 g/mol. The molecule has 1 atom stereocenters. The van der Waals surface area contributed by atoms with Crippen LogP contribution in [0.4, 0.5) is 0 Å². The average molecular weight is 451 g/mol. The van der Waals surface area contributed by atoms with Crippen LogP contribution in [0.5, 0.6) is 0 Å². The summed E-state index contributed by atoms with van der Waals surface area (Å²) in [5.74, 6) is 1.98. The molecule has 0 bridgehead atoms. The fourth-order valence-electron chi connectivity index (χ4n) is 3.73. The third-order valence-corrected chi connectivity index (χ3v) is 5.34. The third kappa shape index (κ3) is 7.87. The molecule has 1 saturated heterocycles. The van der Waals surface area contributed by atoms with Gasteiger partial charge in [0, 0.05) is 38.8 Å². The van der Waals surface area contributed by atoms with Crippen LogP contribution in [0, 0.1) is 5.92 Å². The number of nitrogens with one attached hydrogen (secondary N) is 2. The van der Waals surface area contributed by atoms with Gasteiger partial charge in [-0.3, -0.25) is 9.89 Å². The van der Waals surface area contributed by atoms with Gasteiger partial charge in [-0.15, -0.1) is 24.0 Å². The van der Waals surface area contributed by atoms with E-state index in [-0.39, 0.29) is 24.0 Å². The molecular formula is C18H38IN5. The second kappa shape index (κ2) is 12.3. The SMILES string of the molecule is CCNC(=NCC1CN(C)CCN1C)NCCCC1CCCC1.I. The number of rotatable bonds is 7. The first-order valence-corrected chi connectivity index (χ1v) is 9.60. The molecule has 1 aliphatic carbocycles. The molecule has 0 aromatic carbocycles. The summed E-state index contributed by atoms with van der Waals surface area (Å²) in [5.41, 5.74) is 0. The van der Waals surface area contributed by atoms with Gasteiger partial charge in [0.1, 0.15) is 0 Å². The Bertz CT molecular complexity index is 357. The van der Waals surface area contributed by atoms with Gasteiger partial charge in [0.25, 0.3) is 0 Å². The highest BCUT2D eigenvalue weighted by molar-refractivity contribution is 14.0. The van der Waals surface area contributed by atoms with Gasteiger partial charge < -0.3 is 15.5 Å². The Balaban J connectivity index is 0.00000288. The molecule has 2 fully saturated rings. The lowest BCUT2D eigenvalue weighted by molar-refractivity contribution is 0.119. The van der Waals surface area contributed by atoms with E-state index in [0.717, 1.165) is 51.1 Å². The van der Waals surface area contributed by atoms with Crippen LogP contribution in [0.3, 0.4) is 0 Å². The van der Waals surface area contributed by atoms with Crippen molar-refractivity contribution in [1.29, 1.82) is 0 Å². The zero-order chi connectivity index (χ0) is 16.5. The van der Waals surface area contributed by atoms with Gasteiger partial charge >= 0.3 is 0 Å². The lowest BCUT2D eigenvalue weighted by Gasteiger charge is -2.36. The van der Waals surface area contributed by atoms with Crippen LogP contribution in [-0.2, 0) is 0 Å². The maximum absolute atomic E-state index is 4.82. The summed E-state index contributed by atoms with van der Waals surface area (Å²) >= 11 is 0. The fraction of sp³-hybridized carbons (Fsp3) is 0.944. The van der Waals surface area contributed by atoms with Crippen LogP contribution >= 0.6 is 24.0 Å². The van der Waals surface area contributed by atoms with Crippen LogP contribution in [0.15, 0.2) is 4.99 Å². The summed E-state index contributed by atoms with van der Waals surface area (Å²) in [4.78, 5) is 9.66. The van der Waals surface area contributed by atoms with Crippen molar-refractivity contribution in [2.45, 2.75) is 51.5 Å². The van der Waals surface area contributed by atoms with E-state index in [9.17, 15) is 0 Å². The number of likely N-dealkylation sites (N-methyl/N-ethyl adjacent to an activating group) is 2. The van der Waals surface area contributed by atoms with Crippen LogP contribution < -0.4 is 10.6 Å². The van der Waals surface area contributed by atoms with Gasteiger partial charge in [0.15, 0.2) is 5.96 Å². The summed E-state index contributed by atoms with van der Waals surface area (Å²) in [6.07, 6.45) is 8.45. The Hall–Kier alpha value is -0.0800. The molecule has 5 nitrogen and oxygen atoms in total. The van der Waals surface area contributed by atoms with Gasteiger partial charge in [0.2, 0.25) is 0 Å². The molecule has 1 saturated carbocycles. The van der Waals surface area contributed by atoms with E-state index in [2.05, 4.69) is 41.5 Å². The Morgan fingerprint density at radius 3 is 2.58 bits per heavy atom. The Morgan fingerprint density at radius 2 is 1.88 bits per heavy atom. The van der Waals surface area contributed by atoms with Crippen molar-refractivity contribution < 1.29 is 0 Å². The molecule has 1 unspecified atom stereocenters. The van der Waals surface area contributed by atoms with E-state index in [1.54, 1.807) is 0 Å². The summed E-state index contributed by atoms with van der Waals surface area (Å²) < 4.78 is 0. The molecule has 0 radical (unpaired) electrons. The zero-order valence-corrected chi connectivity index (χ0v) is 18.2. The van der Waals surface area contributed by atoms with Gasteiger partial charge in [0.05, 0.1) is 6.54 Å². The fourth-order valence-corrected chi connectivity index (χ4v) is 3.73. The topological polar surface area (TPSA) is 42.9 Å². The number of guanidine groups is 1. The summed E-state index contributed by atoms with van der Waals surface area (Å²) in [7, 11) is 4.42. The predicted octanol–water partition coefficient (Wildman–Crippen LogP) is 2.38. The van der Waals surface area contributed by atoms with Crippen molar-refractivity contribution in [1.82, 2.24) is 20.4 Å². The summed E-state index contributed by atoms with van der Waals surface area (Å²) in [6, 6.07) is 0.530. The first kappa shape index (κ1) is 22.0. The molecule has 0 aromatic rings. The van der Waals surface area contributed by atoms with Crippen LogP contribution in [0.2, 0.25) is 0 Å². The minimum absolute atomic E-state index is 0. The second-order valence-corrected chi connectivity index (χ2v) is 7.34. The summed E-state index contributed by atoms with van der Waals surface area (Å²) in [5, 5.41) is 6.90. The van der Waals surface area contributed by atoms with E-state index < -0.39 is 0 Å². The maximum atomic E-state index is 4.82. The van der Waals surface area contributed by atoms with E-state index >= 15 is 0 Å². The number of hydrogen-bond acceptors (Lipinski definition) is 3. The molecule has 1 aliphatic heterocycles. The molecule has 0 aromatic heterocycles. The first-order valence-electron chi connectivity index (χ1n) is 9.60. The standard InChI is InChI=1S/C18H37N5.HI/c1-4-19-18(20-11-7-10-16-8-5-6-9-16)21-14-17-15-22(2)12-13-23(17)3;/h16-17H,4-15H2,1-3H3,(H2,19,20,21);1H. The van der Waals surface area contributed by atoms with Crippen LogP contribution in [-0.4, -0.2) is 75.2 Å². The third-order valence-electron chi connectivity index (χ3n) is 5.34. The molecule has 0 amide bonds. The second-order valence-electron chi connectivity index (χ2n) is 7.34. The number of halogens is 1. The molecule has 2 rings (SSSR count). The summed E-state index contributed by atoms with van der Waals surface area (Å²) in [6.45, 7) is 8.39. The zero-order valence-electron chi connectivity index (χ0n) is 15.9. The van der Waals surface area contributed by atoms with E-state index in [4.69, 9.17) is 4.99 Å². The Morgan fingerprint density at radius 1 is 1.12 bits per heavy atom. The average Bonchev–Trinajstić information content (AvgIpc) is 3.05. The minimum Gasteiger partial charge on any atom is -0.357 e. The number of piperazine rings is 1. The monoisotopic (exact) mass is 451 g/mol. The highest BCUT2D eigenvalue weighted by Gasteiger charge is 2.21. The molecule has 24 heavy (non-hydrogen) atoms. The lowest BCUT2D eigenvalue weighted by atomic mass is 10.0. The van der Waals surface area contributed by atoms with E-state index in [1.165, 1.54) is 38.5 Å². The smallest absolute Gasteiger partial charge is 0.191 e. The van der Waals surface area contributed by atoms with E-state index in [0.29, 0.717) is 6.04 Å². The largest absolute Gasteiger partial charge is 0.357 e. The number of nitrogens with zero attached hydrogens (tertiary/aromatic N) is 3. The molecule has 1 heterocycles.